The van der Waals surface area contributed by atoms with Gasteiger partial charge in [0.15, 0.2) is 5.78 Å². The van der Waals surface area contributed by atoms with Crippen molar-refractivity contribution < 1.29 is 4.79 Å². The molecule has 1 aromatic carbocycles. The smallest absolute Gasteiger partial charge is 0.180 e. The van der Waals surface area contributed by atoms with E-state index in [4.69, 9.17) is 4.98 Å². The Bertz CT molecular complexity index is 822. The number of nitrogens with zero attached hydrogens (tertiary/aromatic N) is 1. The van der Waals surface area contributed by atoms with Gasteiger partial charge in [0.25, 0.3) is 0 Å². The minimum atomic E-state index is -0.0162. The van der Waals surface area contributed by atoms with Crippen molar-refractivity contribution in [3.63, 3.8) is 0 Å². The van der Waals surface area contributed by atoms with Crippen molar-refractivity contribution in [1.29, 1.82) is 0 Å². The van der Waals surface area contributed by atoms with Crippen molar-refractivity contribution in [2.75, 3.05) is 6.54 Å². The molecular formula is C19H22N2OS. The Morgan fingerprint density at radius 1 is 1.39 bits per heavy atom. The van der Waals surface area contributed by atoms with Gasteiger partial charge in [-0.25, -0.2) is 4.98 Å². The zero-order valence-corrected chi connectivity index (χ0v) is 14.5. The molecule has 1 N–H and O–H groups in total. The number of thiazole rings is 1. The van der Waals surface area contributed by atoms with Gasteiger partial charge in [-0.15, -0.1) is 11.3 Å². The number of piperidine rings is 1. The minimum Gasteiger partial charge on any atom is -0.307 e. The summed E-state index contributed by atoms with van der Waals surface area (Å²) in [4.78, 5) is 17.8. The first-order valence-electron chi connectivity index (χ1n) is 8.78. The Morgan fingerprint density at radius 3 is 3.00 bits per heavy atom. The SMILES string of the molecule is CC1C2NCCC1(C)c1cc3nc(CC4CC4)sc3cc1C2=O. The van der Waals surface area contributed by atoms with Crippen molar-refractivity contribution in [3.05, 3.63) is 28.3 Å². The summed E-state index contributed by atoms with van der Waals surface area (Å²) in [7, 11) is 0. The molecule has 2 aliphatic carbocycles. The van der Waals surface area contributed by atoms with E-state index < -0.39 is 0 Å². The van der Waals surface area contributed by atoms with Crippen LogP contribution in [0.4, 0.5) is 0 Å². The van der Waals surface area contributed by atoms with Crippen LogP contribution in [0.25, 0.3) is 10.2 Å². The molecule has 5 rings (SSSR count). The standard InChI is InChI=1S/C19H22N2OS/c1-10-17-18(22)12-8-15-14(21-16(23-15)7-11-3-4-11)9-13(12)19(10,2)5-6-20-17/h8-11,17,20H,3-7H2,1-2H3. The second-order valence-electron chi connectivity index (χ2n) is 7.87. The third-order valence-corrected chi connectivity index (χ3v) is 7.45. The van der Waals surface area contributed by atoms with E-state index in [1.54, 1.807) is 11.3 Å². The number of rotatable bonds is 2. The number of carbonyl (C=O) groups is 1. The van der Waals surface area contributed by atoms with Crippen LogP contribution in [0.2, 0.25) is 0 Å². The number of fused-ring (bicyclic) bond motifs is 5. The summed E-state index contributed by atoms with van der Waals surface area (Å²) in [5.41, 5.74) is 3.37. The summed E-state index contributed by atoms with van der Waals surface area (Å²) < 4.78 is 1.18. The van der Waals surface area contributed by atoms with Gasteiger partial charge in [0.2, 0.25) is 0 Å². The highest BCUT2D eigenvalue weighted by Crippen LogP contribution is 2.47. The monoisotopic (exact) mass is 326 g/mol. The molecule has 4 heteroatoms. The fourth-order valence-electron chi connectivity index (χ4n) is 4.48. The normalized spacial score (nSPS) is 33.0. The Morgan fingerprint density at radius 2 is 2.22 bits per heavy atom. The molecule has 1 aromatic heterocycles. The van der Waals surface area contributed by atoms with Gasteiger partial charge in [-0.3, -0.25) is 4.79 Å². The molecule has 1 aliphatic heterocycles. The van der Waals surface area contributed by atoms with Gasteiger partial charge in [-0.1, -0.05) is 13.8 Å². The van der Waals surface area contributed by atoms with Gasteiger partial charge in [0.1, 0.15) is 0 Å². The lowest BCUT2D eigenvalue weighted by atomic mass is 9.59. The summed E-state index contributed by atoms with van der Waals surface area (Å²) in [6.07, 6.45) is 4.92. The maximum atomic E-state index is 12.9. The van der Waals surface area contributed by atoms with E-state index in [2.05, 4.69) is 31.3 Å². The Hall–Kier alpha value is -1.26. The van der Waals surface area contributed by atoms with Gasteiger partial charge in [-0.2, -0.15) is 0 Å². The van der Waals surface area contributed by atoms with Crippen LogP contribution in [0.1, 0.15) is 54.0 Å². The average Bonchev–Trinajstić information content (AvgIpc) is 3.24. The highest BCUT2D eigenvalue weighted by Gasteiger charge is 2.49. The van der Waals surface area contributed by atoms with Crippen molar-refractivity contribution in [2.24, 2.45) is 11.8 Å². The number of Topliss-reactive ketones (excluding diaryl/α,β-unsaturated/α-hetero) is 1. The van der Waals surface area contributed by atoms with Crippen LogP contribution in [-0.2, 0) is 11.8 Å². The fraction of sp³-hybridized carbons (Fsp3) is 0.579. The van der Waals surface area contributed by atoms with Crippen molar-refractivity contribution in [1.82, 2.24) is 10.3 Å². The number of ketones is 1. The number of carbonyl (C=O) groups excluding carboxylic acids is 1. The zero-order chi connectivity index (χ0) is 15.8. The summed E-state index contributed by atoms with van der Waals surface area (Å²) in [6, 6.07) is 4.34. The first kappa shape index (κ1) is 14.1. The summed E-state index contributed by atoms with van der Waals surface area (Å²) in [6.45, 7) is 5.49. The van der Waals surface area contributed by atoms with Crippen LogP contribution in [0.15, 0.2) is 12.1 Å². The van der Waals surface area contributed by atoms with E-state index >= 15 is 0 Å². The molecule has 0 amide bonds. The van der Waals surface area contributed by atoms with Crippen LogP contribution in [0.5, 0.6) is 0 Å². The van der Waals surface area contributed by atoms with Gasteiger partial charge in [0, 0.05) is 12.0 Å². The summed E-state index contributed by atoms with van der Waals surface area (Å²) >= 11 is 1.78. The summed E-state index contributed by atoms with van der Waals surface area (Å²) in [5.74, 6) is 1.48. The average molecular weight is 326 g/mol. The second kappa shape index (κ2) is 4.64. The fourth-order valence-corrected chi connectivity index (χ4v) is 5.58. The third-order valence-electron chi connectivity index (χ3n) is 6.41. The number of hydrogen-bond acceptors (Lipinski definition) is 4. The van der Waals surface area contributed by atoms with Gasteiger partial charge in [-0.05, 0) is 60.8 Å². The Balaban J connectivity index is 1.68. The molecule has 3 atom stereocenters. The molecule has 1 saturated heterocycles. The third kappa shape index (κ3) is 1.97. The molecular weight excluding hydrogens is 304 g/mol. The van der Waals surface area contributed by atoms with Gasteiger partial charge in [0.05, 0.1) is 21.3 Å². The molecule has 120 valence electrons. The number of benzene rings is 1. The molecule has 1 saturated carbocycles. The molecule has 3 nitrogen and oxygen atoms in total. The second-order valence-corrected chi connectivity index (χ2v) is 8.99. The lowest BCUT2D eigenvalue weighted by molar-refractivity contribution is 0.0767. The maximum Gasteiger partial charge on any atom is 0.180 e. The highest BCUT2D eigenvalue weighted by molar-refractivity contribution is 7.18. The van der Waals surface area contributed by atoms with Crippen molar-refractivity contribution >= 4 is 27.3 Å². The van der Waals surface area contributed by atoms with Crippen molar-refractivity contribution in [2.45, 2.75) is 51.0 Å². The number of nitrogens with one attached hydrogen (secondary N) is 1. The van der Waals surface area contributed by atoms with E-state index in [-0.39, 0.29) is 17.2 Å². The maximum absolute atomic E-state index is 12.9. The lowest BCUT2D eigenvalue weighted by Gasteiger charge is -2.49. The van der Waals surface area contributed by atoms with E-state index in [1.165, 1.54) is 28.1 Å². The lowest BCUT2D eigenvalue weighted by Crippen LogP contribution is -2.59. The minimum absolute atomic E-state index is 0.0162. The van der Waals surface area contributed by atoms with Crippen LogP contribution in [0, 0.1) is 11.8 Å². The summed E-state index contributed by atoms with van der Waals surface area (Å²) in [5, 5.41) is 4.69. The first-order valence-corrected chi connectivity index (χ1v) is 9.59. The van der Waals surface area contributed by atoms with E-state index in [0.717, 1.165) is 36.4 Å². The predicted octanol–water partition coefficient (Wildman–Crippen LogP) is 3.70. The van der Waals surface area contributed by atoms with E-state index in [1.807, 2.05) is 0 Å². The molecule has 2 fully saturated rings. The van der Waals surface area contributed by atoms with Gasteiger partial charge >= 0.3 is 0 Å². The molecule has 0 spiro atoms. The van der Waals surface area contributed by atoms with Crippen LogP contribution >= 0.6 is 11.3 Å². The molecule has 0 radical (unpaired) electrons. The van der Waals surface area contributed by atoms with Crippen LogP contribution in [-0.4, -0.2) is 23.4 Å². The van der Waals surface area contributed by atoms with Crippen molar-refractivity contribution in [3.8, 4) is 0 Å². The molecule has 2 bridgehead atoms. The molecule has 3 unspecified atom stereocenters. The zero-order valence-electron chi connectivity index (χ0n) is 13.7. The Kier molecular flexibility index (Phi) is 2.85. The van der Waals surface area contributed by atoms with Crippen LogP contribution in [0.3, 0.4) is 0 Å². The highest BCUT2D eigenvalue weighted by atomic mass is 32.1. The molecule has 3 aliphatic rings. The Labute approximate surface area is 140 Å². The number of aromatic nitrogens is 1. The molecule has 2 heterocycles. The molecule has 2 aromatic rings. The predicted molar refractivity (Wildman–Crippen MR) is 93.3 cm³/mol. The largest absolute Gasteiger partial charge is 0.307 e. The van der Waals surface area contributed by atoms with Crippen LogP contribution < -0.4 is 5.32 Å². The number of hydrogen-bond donors (Lipinski definition) is 1. The van der Waals surface area contributed by atoms with E-state index in [9.17, 15) is 4.79 Å². The molecule has 23 heavy (non-hydrogen) atoms. The first-order chi connectivity index (χ1) is 11.1. The topological polar surface area (TPSA) is 42.0 Å². The quantitative estimate of drug-likeness (QED) is 0.915. The van der Waals surface area contributed by atoms with E-state index in [0.29, 0.717) is 5.92 Å². The van der Waals surface area contributed by atoms with Gasteiger partial charge < -0.3 is 5.32 Å².